The molecular formula is C32H28N2O4S. The first-order valence-corrected chi connectivity index (χ1v) is 13.5. The van der Waals surface area contributed by atoms with Gasteiger partial charge in [0.1, 0.15) is 0 Å². The van der Waals surface area contributed by atoms with Gasteiger partial charge in [0.25, 0.3) is 0 Å². The number of hydrogen-bond acceptors (Lipinski definition) is 7. The fourth-order valence-corrected chi connectivity index (χ4v) is 5.12. The van der Waals surface area contributed by atoms with E-state index in [1.165, 1.54) is 11.1 Å². The van der Waals surface area contributed by atoms with E-state index in [1.54, 1.807) is 11.8 Å². The van der Waals surface area contributed by atoms with Gasteiger partial charge in [-0.15, -0.1) is 0 Å². The van der Waals surface area contributed by atoms with Crippen LogP contribution in [0.1, 0.15) is 22.3 Å². The summed E-state index contributed by atoms with van der Waals surface area (Å²) in [4.78, 5) is 2.01. The van der Waals surface area contributed by atoms with Crippen LogP contribution in [0.25, 0.3) is 9.81 Å². The molecule has 0 saturated heterocycles. The highest BCUT2D eigenvalue weighted by Gasteiger charge is 2.19. The van der Waals surface area contributed by atoms with E-state index in [-0.39, 0.29) is 13.6 Å². The average Bonchev–Trinajstić information content (AvgIpc) is 3.63. The van der Waals surface area contributed by atoms with E-state index in [2.05, 4.69) is 73.0 Å². The van der Waals surface area contributed by atoms with Gasteiger partial charge in [0.2, 0.25) is 13.6 Å². The molecule has 0 fully saturated rings. The highest BCUT2D eigenvalue weighted by Crippen LogP contribution is 2.44. The van der Waals surface area contributed by atoms with Gasteiger partial charge in [-0.3, -0.25) is 0 Å². The fraction of sp³-hybridized carbons (Fsp3) is 0.125. The zero-order chi connectivity index (χ0) is 26.6. The van der Waals surface area contributed by atoms with Crippen LogP contribution in [-0.4, -0.2) is 13.6 Å². The van der Waals surface area contributed by atoms with Crippen LogP contribution >= 0.6 is 11.8 Å². The summed E-state index contributed by atoms with van der Waals surface area (Å²) < 4.78 is 22.5. The fourth-order valence-electron chi connectivity index (χ4n) is 4.16. The van der Waals surface area contributed by atoms with Gasteiger partial charge in [0.05, 0.1) is 0 Å². The highest BCUT2D eigenvalue weighted by molar-refractivity contribution is 8.16. The summed E-state index contributed by atoms with van der Waals surface area (Å²) in [6, 6.07) is 28.7. The maximum Gasteiger partial charge on any atom is 0.231 e. The van der Waals surface area contributed by atoms with Gasteiger partial charge >= 0.3 is 0 Å². The summed E-state index contributed by atoms with van der Waals surface area (Å²) in [5, 5.41) is 6.94. The van der Waals surface area contributed by atoms with Gasteiger partial charge in [0, 0.05) is 33.6 Å². The summed E-state index contributed by atoms with van der Waals surface area (Å²) in [6.45, 7) is 4.62. The van der Waals surface area contributed by atoms with Crippen LogP contribution in [0.2, 0.25) is 0 Å². The summed E-state index contributed by atoms with van der Waals surface area (Å²) in [6.07, 6.45) is 4.05. The lowest BCUT2D eigenvalue weighted by Crippen LogP contribution is -1.94. The second kappa shape index (κ2) is 11.1. The minimum atomic E-state index is 0.232. The summed E-state index contributed by atoms with van der Waals surface area (Å²) in [7, 11) is 0. The van der Waals surface area contributed by atoms with Crippen LogP contribution in [0.4, 0.5) is 11.4 Å². The highest BCUT2D eigenvalue weighted by atomic mass is 32.2. The molecule has 2 heterocycles. The van der Waals surface area contributed by atoms with E-state index in [0.717, 1.165) is 55.3 Å². The zero-order valence-electron chi connectivity index (χ0n) is 21.7. The van der Waals surface area contributed by atoms with Gasteiger partial charge in [-0.05, 0) is 85.6 Å². The lowest BCUT2D eigenvalue weighted by Gasteiger charge is -2.14. The van der Waals surface area contributed by atoms with Gasteiger partial charge in [-0.25, -0.2) is 0 Å². The number of nitrogens with one attached hydrogen (secondary N) is 2. The van der Waals surface area contributed by atoms with Crippen LogP contribution in [-0.2, 0) is 0 Å². The first-order valence-electron chi connectivity index (χ1n) is 12.7. The lowest BCUT2D eigenvalue weighted by molar-refractivity contribution is 0.173. The molecule has 0 saturated carbocycles. The largest absolute Gasteiger partial charge is 0.454 e. The molecule has 0 aliphatic carbocycles. The Morgan fingerprint density at radius 3 is 1.41 bits per heavy atom. The van der Waals surface area contributed by atoms with Crippen LogP contribution < -0.4 is 29.6 Å². The molecular weight excluding hydrogens is 508 g/mol. The Labute approximate surface area is 232 Å². The molecule has 196 valence electrons. The van der Waals surface area contributed by atoms with Crippen LogP contribution in [0, 0.1) is 13.8 Å². The molecule has 0 unspecified atom stereocenters. The molecule has 4 aromatic carbocycles. The molecule has 2 aliphatic heterocycles. The maximum atomic E-state index is 5.68. The minimum absolute atomic E-state index is 0.232. The number of benzene rings is 4. The number of ether oxygens (including phenoxy) is 4. The van der Waals surface area contributed by atoms with Crippen molar-refractivity contribution in [2.75, 3.05) is 24.2 Å². The first-order chi connectivity index (χ1) is 19.1. The standard InChI is InChI=1S/C32H28N2O4S/c1-21-3-9-25(10-4-21)33-17-31(23-7-13-27-29(15-23)37-19-35-27)39-32(18-34-26-11-5-22(2)6-12-26)24-8-14-28-30(16-24)38-20-36-28/h3-18,33-34H,19-20H2,1-2H3/b31-17+,32-18+. The Bertz CT molecular complexity index is 1430. The zero-order valence-corrected chi connectivity index (χ0v) is 22.5. The molecule has 0 spiro atoms. The van der Waals surface area contributed by atoms with Gasteiger partial charge in [-0.2, -0.15) is 0 Å². The third-order valence-electron chi connectivity index (χ3n) is 6.38. The molecule has 0 radical (unpaired) electrons. The predicted molar refractivity (Wildman–Crippen MR) is 158 cm³/mol. The van der Waals surface area contributed by atoms with E-state index in [1.807, 2.05) is 48.8 Å². The van der Waals surface area contributed by atoms with E-state index in [9.17, 15) is 0 Å². The Balaban J connectivity index is 1.37. The third-order valence-corrected chi connectivity index (χ3v) is 7.52. The molecule has 2 aliphatic rings. The van der Waals surface area contributed by atoms with Crippen molar-refractivity contribution in [3.63, 3.8) is 0 Å². The Morgan fingerprint density at radius 2 is 0.974 bits per heavy atom. The van der Waals surface area contributed by atoms with Crippen molar-refractivity contribution in [1.82, 2.24) is 0 Å². The number of hydrogen-bond donors (Lipinski definition) is 2. The van der Waals surface area contributed by atoms with Crippen LogP contribution in [0.15, 0.2) is 97.3 Å². The lowest BCUT2D eigenvalue weighted by atomic mass is 10.2. The second-order valence-electron chi connectivity index (χ2n) is 9.28. The van der Waals surface area contributed by atoms with Crippen molar-refractivity contribution >= 4 is 32.9 Å². The van der Waals surface area contributed by atoms with Crippen LogP contribution in [0.5, 0.6) is 23.0 Å². The van der Waals surface area contributed by atoms with Crippen molar-refractivity contribution < 1.29 is 18.9 Å². The Hall–Kier alpha value is -4.49. The molecule has 6 rings (SSSR count). The first kappa shape index (κ1) is 24.8. The van der Waals surface area contributed by atoms with Crippen molar-refractivity contribution in [2.24, 2.45) is 0 Å². The maximum absolute atomic E-state index is 5.68. The number of aryl methyl sites for hydroxylation is 2. The summed E-state index contributed by atoms with van der Waals surface area (Å²) in [5.74, 6) is 2.98. The molecule has 0 atom stereocenters. The van der Waals surface area contributed by atoms with Crippen molar-refractivity contribution in [1.29, 1.82) is 0 Å². The molecule has 2 N–H and O–H groups in total. The molecule has 0 bridgehead atoms. The van der Waals surface area contributed by atoms with E-state index < -0.39 is 0 Å². The van der Waals surface area contributed by atoms with Gasteiger partial charge < -0.3 is 29.6 Å². The molecule has 7 heteroatoms. The Morgan fingerprint density at radius 1 is 0.564 bits per heavy atom. The molecule has 0 amide bonds. The van der Waals surface area contributed by atoms with Crippen LogP contribution in [0.3, 0.4) is 0 Å². The summed E-state index contributed by atoms with van der Waals surface area (Å²) in [5.41, 5.74) is 6.45. The second-order valence-corrected chi connectivity index (χ2v) is 10.4. The van der Waals surface area contributed by atoms with E-state index in [4.69, 9.17) is 18.9 Å². The SMILES string of the molecule is Cc1ccc(N/C=C(/S/C(=C/Nc2ccc(C)cc2)c2ccc3c(c2)OCO3)c2ccc3c(c2)OCO3)cc1. The van der Waals surface area contributed by atoms with E-state index >= 15 is 0 Å². The van der Waals surface area contributed by atoms with Crippen molar-refractivity contribution in [3.05, 3.63) is 120 Å². The van der Waals surface area contributed by atoms with E-state index in [0.29, 0.717) is 0 Å². The third kappa shape index (κ3) is 5.84. The summed E-state index contributed by atoms with van der Waals surface area (Å²) >= 11 is 1.64. The molecule has 6 nitrogen and oxygen atoms in total. The average molecular weight is 537 g/mol. The Kier molecular flexibility index (Phi) is 7.06. The monoisotopic (exact) mass is 536 g/mol. The van der Waals surface area contributed by atoms with Gasteiger partial charge in [0.15, 0.2) is 23.0 Å². The normalized spacial score (nSPS) is 13.9. The molecule has 39 heavy (non-hydrogen) atoms. The predicted octanol–water partition coefficient (Wildman–Crippen LogP) is 8.02. The van der Waals surface area contributed by atoms with Gasteiger partial charge in [-0.1, -0.05) is 47.2 Å². The number of thioether (sulfide) groups is 1. The minimum Gasteiger partial charge on any atom is -0.454 e. The number of anilines is 2. The van der Waals surface area contributed by atoms with Crippen molar-refractivity contribution in [2.45, 2.75) is 13.8 Å². The number of rotatable bonds is 8. The van der Waals surface area contributed by atoms with Crippen molar-refractivity contribution in [3.8, 4) is 23.0 Å². The molecule has 4 aromatic rings. The quantitative estimate of drug-likeness (QED) is 0.236. The topological polar surface area (TPSA) is 61.0 Å². The number of fused-ring (bicyclic) bond motifs is 2. The molecule has 0 aromatic heterocycles. The smallest absolute Gasteiger partial charge is 0.231 e.